The van der Waals surface area contributed by atoms with E-state index in [9.17, 15) is 0 Å². The highest BCUT2D eigenvalue weighted by atomic mass is 16.5. The monoisotopic (exact) mass is 368 g/mol. The summed E-state index contributed by atoms with van der Waals surface area (Å²) in [5, 5.41) is 3.10. The van der Waals surface area contributed by atoms with E-state index in [1.165, 1.54) is 5.56 Å². The smallest absolute Gasteiger partial charge is 0.193 e. The number of ether oxygens (including phenoxy) is 2. The first-order valence-corrected chi connectivity index (χ1v) is 9.25. The minimum atomic E-state index is 0.301. The van der Waals surface area contributed by atoms with Crippen molar-refractivity contribution in [3.05, 3.63) is 59.7 Å². The molecular weight excluding hydrogens is 340 g/mol. The number of nitrogens with one attached hydrogen (secondary N) is 1. The van der Waals surface area contributed by atoms with E-state index in [0.717, 1.165) is 43.2 Å². The zero-order valence-corrected chi connectivity index (χ0v) is 16.0. The molecule has 0 amide bonds. The molecule has 3 rings (SSSR count). The van der Waals surface area contributed by atoms with E-state index in [1.807, 2.05) is 24.3 Å². The van der Waals surface area contributed by atoms with E-state index in [1.54, 1.807) is 7.11 Å². The molecule has 2 aromatic rings. The second-order valence-electron chi connectivity index (χ2n) is 6.79. The van der Waals surface area contributed by atoms with Gasteiger partial charge in [-0.25, -0.2) is 4.99 Å². The van der Waals surface area contributed by atoms with Crippen LogP contribution in [0.5, 0.6) is 5.75 Å². The predicted molar refractivity (Wildman–Crippen MR) is 109 cm³/mol. The first-order valence-electron chi connectivity index (χ1n) is 9.25. The largest absolute Gasteiger partial charge is 0.497 e. The lowest BCUT2D eigenvalue weighted by Crippen LogP contribution is -2.40. The van der Waals surface area contributed by atoms with Crippen LogP contribution in [-0.2, 0) is 17.8 Å². The molecule has 2 aromatic carbocycles. The average molecular weight is 368 g/mol. The van der Waals surface area contributed by atoms with Crippen molar-refractivity contribution < 1.29 is 9.47 Å². The van der Waals surface area contributed by atoms with Crippen molar-refractivity contribution in [3.63, 3.8) is 0 Å². The molecule has 0 radical (unpaired) electrons. The minimum absolute atomic E-state index is 0.301. The summed E-state index contributed by atoms with van der Waals surface area (Å²) in [5.74, 6) is 1.20. The Labute approximate surface area is 161 Å². The molecule has 1 unspecified atom stereocenters. The van der Waals surface area contributed by atoms with Gasteiger partial charge >= 0.3 is 0 Å². The van der Waals surface area contributed by atoms with Gasteiger partial charge in [0.05, 0.1) is 26.4 Å². The molecule has 0 aliphatic carbocycles. The SMILES string of the molecule is COc1ccc(NC(N)=NCc2cccc(CN3CCOC(C)C3)c2)cc1. The number of nitrogens with two attached hydrogens (primary N) is 1. The Morgan fingerprint density at radius 3 is 2.78 bits per heavy atom. The van der Waals surface area contributed by atoms with E-state index in [0.29, 0.717) is 18.6 Å². The molecule has 1 heterocycles. The molecule has 0 aromatic heterocycles. The van der Waals surface area contributed by atoms with Gasteiger partial charge in [-0.15, -0.1) is 0 Å². The molecule has 6 heteroatoms. The summed E-state index contributed by atoms with van der Waals surface area (Å²) in [6.45, 7) is 6.36. The van der Waals surface area contributed by atoms with Gasteiger partial charge in [0.2, 0.25) is 0 Å². The summed E-state index contributed by atoms with van der Waals surface area (Å²) in [5.41, 5.74) is 9.33. The van der Waals surface area contributed by atoms with Gasteiger partial charge in [0.25, 0.3) is 0 Å². The third kappa shape index (κ3) is 5.98. The van der Waals surface area contributed by atoms with Crippen molar-refractivity contribution in [1.29, 1.82) is 0 Å². The summed E-state index contributed by atoms with van der Waals surface area (Å²) in [6, 6.07) is 16.1. The van der Waals surface area contributed by atoms with Crippen molar-refractivity contribution in [2.24, 2.45) is 10.7 Å². The van der Waals surface area contributed by atoms with Gasteiger partial charge < -0.3 is 20.5 Å². The molecule has 0 saturated carbocycles. The topological polar surface area (TPSA) is 72.1 Å². The van der Waals surface area contributed by atoms with Crippen molar-refractivity contribution in [2.45, 2.75) is 26.1 Å². The lowest BCUT2D eigenvalue weighted by atomic mass is 10.1. The van der Waals surface area contributed by atoms with Crippen LogP contribution in [0.4, 0.5) is 5.69 Å². The number of benzene rings is 2. The molecule has 6 nitrogen and oxygen atoms in total. The Kier molecular flexibility index (Phi) is 6.68. The number of rotatable bonds is 6. The van der Waals surface area contributed by atoms with Crippen LogP contribution in [0, 0.1) is 0 Å². The molecule has 144 valence electrons. The molecule has 1 aliphatic rings. The van der Waals surface area contributed by atoms with Crippen molar-refractivity contribution in [1.82, 2.24) is 4.90 Å². The summed E-state index contributed by atoms with van der Waals surface area (Å²) in [7, 11) is 1.64. The van der Waals surface area contributed by atoms with Gasteiger partial charge in [-0.3, -0.25) is 4.90 Å². The zero-order valence-electron chi connectivity index (χ0n) is 16.0. The fourth-order valence-corrected chi connectivity index (χ4v) is 3.16. The summed E-state index contributed by atoms with van der Waals surface area (Å²) < 4.78 is 10.8. The first-order chi connectivity index (χ1) is 13.1. The fraction of sp³-hybridized carbons (Fsp3) is 0.381. The van der Waals surface area contributed by atoms with E-state index in [4.69, 9.17) is 15.2 Å². The van der Waals surface area contributed by atoms with E-state index < -0.39 is 0 Å². The van der Waals surface area contributed by atoms with Crippen LogP contribution in [0.25, 0.3) is 0 Å². The number of aliphatic imine (C=N–C) groups is 1. The number of methoxy groups -OCH3 is 1. The Morgan fingerprint density at radius 1 is 1.26 bits per heavy atom. The number of hydrogen-bond acceptors (Lipinski definition) is 4. The highest BCUT2D eigenvalue weighted by molar-refractivity contribution is 5.92. The van der Waals surface area contributed by atoms with Gasteiger partial charge in [-0.1, -0.05) is 24.3 Å². The molecular formula is C21H28N4O2. The van der Waals surface area contributed by atoms with Crippen molar-refractivity contribution >= 4 is 11.6 Å². The maximum absolute atomic E-state index is 6.01. The summed E-state index contributed by atoms with van der Waals surface area (Å²) >= 11 is 0. The average Bonchev–Trinajstić information content (AvgIpc) is 2.67. The van der Waals surface area contributed by atoms with Crippen LogP contribution in [0.15, 0.2) is 53.5 Å². The molecule has 27 heavy (non-hydrogen) atoms. The van der Waals surface area contributed by atoms with Crippen LogP contribution in [-0.4, -0.2) is 43.8 Å². The van der Waals surface area contributed by atoms with Crippen molar-refractivity contribution in [3.8, 4) is 5.75 Å². The van der Waals surface area contributed by atoms with Gasteiger partial charge in [-0.05, 0) is 42.3 Å². The third-order valence-corrected chi connectivity index (χ3v) is 4.52. The van der Waals surface area contributed by atoms with Crippen LogP contribution in [0.1, 0.15) is 18.1 Å². The lowest BCUT2D eigenvalue weighted by molar-refractivity contribution is -0.0212. The van der Waals surface area contributed by atoms with Gasteiger partial charge in [-0.2, -0.15) is 0 Å². The zero-order chi connectivity index (χ0) is 19.1. The van der Waals surface area contributed by atoms with Crippen LogP contribution in [0.2, 0.25) is 0 Å². The van der Waals surface area contributed by atoms with E-state index in [-0.39, 0.29) is 0 Å². The van der Waals surface area contributed by atoms with Gasteiger partial charge in [0.15, 0.2) is 5.96 Å². The number of anilines is 1. The van der Waals surface area contributed by atoms with Gasteiger partial charge in [0, 0.05) is 25.3 Å². The molecule has 1 fully saturated rings. The molecule has 0 bridgehead atoms. The predicted octanol–water partition coefficient (Wildman–Crippen LogP) is 2.84. The lowest BCUT2D eigenvalue weighted by Gasteiger charge is -2.31. The fourth-order valence-electron chi connectivity index (χ4n) is 3.16. The molecule has 0 spiro atoms. The molecule has 3 N–H and O–H groups in total. The van der Waals surface area contributed by atoms with Crippen LogP contribution in [0.3, 0.4) is 0 Å². The third-order valence-electron chi connectivity index (χ3n) is 4.52. The maximum Gasteiger partial charge on any atom is 0.193 e. The van der Waals surface area contributed by atoms with Crippen LogP contribution < -0.4 is 15.8 Å². The standard InChI is InChI=1S/C21H28N4O2/c1-16-14-25(10-11-27-16)15-18-5-3-4-17(12-18)13-23-21(22)24-19-6-8-20(26-2)9-7-19/h3-9,12,16H,10-11,13-15H2,1-2H3,(H3,22,23,24). The molecule has 1 atom stereocenters. The number of guanidine groups is 1. The maximum atomic E-state index is 6.01. The van der Waals surface area contributed by atoms with E-state index in [2.05, 4.69) is 46.4 Å². The second kappa shape index (κ2) is 9.39. The normalized spacial score (nSPS) is 18.3. The minimum Gasteiger partial charge on any atom is -0.497 e. The molecule has 1 saturated heterocycles. The van der Waals surface area contributed by atoms with Crippen LogP contribution >= 0.6 is 0 Å². The number of nitrogens with zero attached hydrogens (tertiary/aromatic N) is 2. The molecule has 1 aliphatic heterocycles. The highest BCUT2D eigenvalue weighted by Crippen LogP contribution is 2.15. The number of hydrogen-bond donors (Lipinski definition) is 2. The second-order valence-corrected chi connectivity index (χ2v) is 6.79. The Hall–Kier alpha value is -2.57. The summed E-state index contributed by atoms with van der Waals surface area (Å²) in [4.78, 5) is 6.88. The quantitative estimate of drug-likeness (QED) is 0.606. The van der Waals surface area contributed by atoms with E-state index >= 15 is 0 Å². The summed E-state index contributed by atoms with van der Waals surface area (Å²) in [6.07, 6.45) is 0.301. The Balaban J connectivity index is 1.55. The van der Waals surface area contributed by atoms with Gasteiger partial charge in [0.1, 0.15) is 5.75 Å². The first kappa shape index (κ1) is 19.2. The Morgan fingerprint density at radius 2 is 2.04 bits per heavy atom. The Bertz CT molecular complexity index is 761. The van der Waals surface area contributed by atoms with Crippen molar-refractivity contribution in [2.75, 3.05) is 32.1 Å². The highest BCUT2D eigenvalue weighted by Gasteiger charge is 2.16. The number of morpholine rings is 1.